The summed E-state index contributed by atoms with van der Waals surface area (Å²) in [5.41, 5.74) is 4.46. The van der Waals surface area contributed by atoms with E-state index in [1.54, 1.807) is 19.2 Å². The van der Waals surface area contributed by atoms with Gasteiger partial charge in [0.2, 0.25) is 0 Å². The molecule has 0 bridgehead atoms. The molecule has 0 spiro atoms. The zero-order valence-electron chi connectivity index (χ0n) is 17.8. The zero-order chi connectivity index (χ0) is 21.6. The first-order valence-corrected chi connectivity index (χ1v) is 10.8. The van der Waals surface area contributed by atoms with Crippen molar-refractivity contribution < 1.29 is 9.66 Å². The number of likely N-dealkylation sites (tertiary alicyclic amines) is 1. The first-order chi connectivity index (χ1) is 15.1. The number of H-pyrrole nitrogens is 1. The molecule has 0 amide bonds. The van der Waals surface area contributed by atoms with Gasteiger partial charge in [-0.2, -0.15) is 0 Å². The van der Waals surface area contributed by atoms with Crippen molar-refractivity contribution in [2.75, 3.05) is 26.7 Å². The van der Waals surface area contributed by atoms with Crippen LogP contribution in [-0.4, -0.2) is 41.6 Å². The van der Waals surface area contributed by atoms with Gasteiger partial charge >= 0.3 is 0 Å². The Hall–Kier alpha value is -3.12. The SMILES string of the molecule is C=CCN1CC[C@]2(c3cccc(OC)c3)Cc3[nH]c4c([N+](=O)[O-])cccc4c3CC2C1. The summed E-state index contributed by atoms with van der Waals surface area (Å²) in [6.07, 6.45) is 4.77. The Bertz CT molecular complexity index is 1170. The summed E-state index contributed by atoms with van der Waals surface area (Å²) in [5.74, 6) is 1.29. The molecule has 160 valence electrons. The van der Waals surface area contributed by atoms with Crippen molar-refractivity contribution in [3.8, 4) is 5.75 Å². The summed E-state index contributed by atoms with van der Waals surface area (Å²) in [6.45, 7) is 6.81. The lowest BCUT2D eigenvalue weighted by molar-refractivity contribution is -0.383. The van der Waals surface area contributed by atoms with Crippen molar-refractivity contribution in [2.45, 2.75) is 24.7 Å². The highest BCUT2D eigenvalue weighted by Crippen LogP contribution is 2.50. The van der Waals surface area contributed by atoms with Crippen LogP contribution in [0.1, 0.15) is 23.2 Å². The van der Waals surface area contributed by atoms with Crippen molar-refractivity contribution in [3.63, 3.8) is 0 Å². The summed E-state index contributed by atoms with van der Waals surface area (Å²) in [7, 11) is 1.71. The Morgan fingerprint density at radius 3 is 2.97 bits per heavy atom. The van der Waals surface area contributed by atoms with E-state index in [0.29, 0.717) is 11.4 Å². The average molecular weight is 418 g/mol. The smallest absolute Gasteiger partial charge is 0.293 e. The number of aromatic nitrogens is 1. The summed E-state index contributed by atoms with van der Waals surface area (Å²) in [4.78, 5) is 17.2. The molecule has 6 heteroatoms. The number of piperidine rings is 1. The highest BCUT2D eigenvalue weighted by molar-refractivity contribution is 5.92. The predicted molar refractivity (Wildman–Crippen MR) is 122 cm³/mol. The molecule has 5 rings (SSSR count). The standard InChI is InChI=1S/C25H27N3O3/c1-3-11-27-12-10-25(17-6-4-7-19(13-17)31-2)15-22-21(14-18(25)16-27)20-8-5-9-23(28(29)30)24(20)26-22/h3-9,13,18,26H,1,10-12,14-16H2,2H3/t18?,25-/m1/s1. The highest BCUT2D eigenvalue weighted by Gasteiger charge is 2.48. The molecule has 1 aliphatic heterocycles. The maximum atomic E-state index is 11.6. The van der Waals surface area contributed by atoms with E-state index in [1.807, 2.05) is 18.2 Å². The van der Waals surface area contributed by atoms with Gasteiger partial charge < -0.3 is 9.72 Å². The molecule has 0 radical (unpaired) electrons. The van der Waals surface area contributed by atoms with Crippen LogP contribution in [0.15, 0.2) is 55.1 Å². The molecule has 1 N–H and O–H groups in total. The van der Waals surface area contributed by atoms with Gasteiger partial charge in [0.25, 0.3) is 5.69 Å². The fourth-order valence-corrected chi connectivity index (χ4v) is 5.81. The van der Waals surface area contributed by atoms with E-state index in [2.05, 4.69) is 34.7 Å². The van der Waals surface area contributed by atoms with Gasteiger partial charge in [-0.15, -0.1) is 6.58 Å². The van der Waals surface area contributed by atoms with Crippen LogP contribution in [-0.2, 0) is 18.3 Å². The molecule has 1 aliphatic carbocycles. The van der Waals surface area contributed by atoms with Crippen LogP contribution < -0.4 is 4.74 Å². The van der Waals surface area contributed by atoms with Gasteiger partial charge in [0, 0.05) is 35.7 Å². The fourth-order valence-electron chi connectivity index (χ4n) is 5.81. The van der Waals surface area contributed by atoms with Crippen molar-refractivity contribution in [3.05, 3.63) is 82.1 Å². The number of para-hydroxylation sites is 1. The topological polar surface area (TPSA) is 71.4 Å². The molecule has 31 heavy (non-hydrogen) atoms. The van der Waals surface area contributed by atoms with E-state index in [4.69, 9.17) is 4.74 Å². The number of nitrogens with one attached hydrogen (secondary N) is 1. The van der Waals surface area contributed by atoms with Crippen molar-refractivity contribution in [1.29, 1.82) is 0 Å². The number of nitro groups is 1. The van der Waals surface area contributed by atoms with Crippen LogP contribution in [0.2, 0.25) is 0 Å². The van der Waals surface area contributed by atoms with E-state index < -0.39 is 0 Å². The third-order valence-electron chi connectivity index (χ3n) is 7.31. The number of aromatic amines is 1. The third-order valence-corrected chi connectivity index (χ3v) is 7.31. The van der Waals surface area contributed by atoms with E-state index in [9.17, 15) is 10.1 Å². The summed E-state index contributed by atoms with van der Waals surface area (Å²) >= 11 is 0. The van der Waals surface area contributed by atoms with Crippen molar-refractivity contribution in [2.24, 2.45) is 5.92 Å². The molecule has 1 saturated heterocycles. The first-order valence-electron chi connectivity index (χ1n) is 10.8. The fraction of sp³-hybridized carbons (Fsp3) is 0.360. The summed E-state index contributed by atoms with van der Waals surface area (Å²) in [5, 5.41) is 12.6. The second-order valence-electron chi connectivity index (χ2n) is 8.80. The van der Waals surface area contributed by atoms with E-state index >= 15 is 0 Å². The maximum Gasteiger partial charge on any atom is 0.293 e. The number of hydrogen-bond acceptors (Lipinski definition) is 4. The number of hydrogen-bond donors (Lipinski definition) is 1. The van der Waals surface area contributed by atoms with E-state index in [0.717, 1.165) is 55.7 Å². The Morgan fingerprint density at radius 2 is 2.19 bits per heavy atom. The Morgan fingerprint density at radius 1 is 1.35 bits per heavy atom. The molecule has 6 nitrogen and oxygen atoms in total. The maximum absolute atomic E-state index is 11.6. The van der Waals surface area contributed by atoms with Gasteiger partial charge in [0.05, 0.1) is 12.0 Å². The zero-order valence-corrected chi connectivity index (χ0v) is 17.8. The molecule has 3 aromatic rings. The lowest BCUT2D eigenvalue weighted by Crippen LogP contribution is -2.53. The quantitative estimate of drug-likeness (QED) is 0.373. The Balaban J connectivity index is 1.65. The molecule has 1 unspecified atom stereocenters. The van der Waals surface area contributed by atoms with Gasteiger partial charge in [0.15, 0.2) is 0 Å². The number of fused-ring (bicyclic) bond motifs is 4. The molecular weight excluding hydrogens is 390 g/mol. The van der Waals surface area contributed by atoms with Crippen LogP contribution in [0.5, 0.6) is 5.75 Å². The van der Waals surface area contributed by atoms with Gasteiger partial charge in [-0.25, -0.2) is 0 Å². The lowest BCUT2D eigenvalue weighted by Gasteiger charge is -2.51. The van der Waals surface area contributed by atoms with E-state index in [-0.39, 0.29) is 16.0 Å². The molecule has 1 aromatic heterocycles. The number of nitrogens with zero attached hydrogens (tertiary/aromatic N) is 2. The minimum atomic E-state index is -0.291. The number of non-ortho nitro benzene ring substituents is 1. The third kappa shape index (κ3) is 3.13. The average Bonchev–Trinajstić information content (AvgIpc) is 3.14. The van der Waals surface area contributed by atoms with Gasteiger partial charge in [0.1, 0.15) is 11.3 Å². The molecular formula is C25H27N3O3. The van der Waals surface area contributed by atoms with Gasteiger partial charge in [-0.3, -0.25) is 15.0 Å². The van der Waals surface area contributed by atoms with Gasteiger partial charge in [-0.05, 0) is 55.0 Å². The molecule has 2 aromatic carbocycles. The van der Waals surface area contributed by atoms with Crippen molar-refractivity contribution >= 4 is 16.6 Å². The summed E-state index contributed by atoms with van der Waals surface area (Å²) < 4.78 is 5.53. The summed E-state index contributed by atoms with van der Waals surface area (Å²) in [6, 6.07) is 13.8. The molecule has 2 atom stereocenters. The Kier molecular flexibility index (Phi) is 4.82. The largest absolute Gasteiger partial charge is 0.497 e. The van der Waals surface area contributed by atoms with Gasteiger partial charge in [-0.1, -0.05) is 30.3 Å². The van der Waals surface area contributed by atoms with Crippen LogP contribution >= 0.6 is 0 Å². The number of nitro benzene ring substituents is 1. The normalized spacial score (nSPS) is 23.2. The highest BCUT2D eigenvalue weighted by atomic mass is 16.6. The van der Waals surface area contributed by atoms with Crippen LogP contribution in [0.3, 0.4) is 0 Å². The number of rotatable bonds is 5. The second kappa shape index (κ2) is 7.54. The Labute approximate surface area is 181 Å². The number of benzene rings is 2. The van der Waals surface area contributed by atoms with Crippen LogP contribution in [0, 0.1) is 16.0 Å². The lowest BCUT2D eigenvalue weighted by atomic mass is 9.58. The first kappa shape index (κ1) is 19.8. The monoisotopic (exact) mass is 417 g/mol. The number of methoxy groups -OCH3 is 1. The second-order valence-corrected chi connectivity index (χ2v) is 8.80. The van der Waals surface area contributed by atoms with Crippen LogP contribution in [0.4, 0.5) is 5.69 Å². The van der Waals surface area contributed by atoms with Crippen LogP contribution in [0.25, 0.3) is 10.9 Å². The molecule has 2 heterocycles. The predicted octanol–water partition coefficient (Wildman–Crippen LogP) is 4.63. The molecule has 2 aliphatic rings. The number of ether oxygens (including phenoxy) is 1. The minimum Gasteiger partial charge on any atom is -0.497 e. The van der Waals surface area contributed by atoms with Crippen molar-refractivity contribution in [1.82, 2.24) is 9.88 Å². The minimum absolute atomic E-state index is 0.0190. The molecule has 1 fully saturated rings. The van der Waals surface area contributed by atoms with E-state index in [1.165, 1.54) is 11.1 Å². The molecule has 0 saturated carbocycles.